The molecule has 7 heteroatoms. The predicted octanol–water partition coefficient (Wildman–Crippen LogP) is 1.76. The van der Waals surface area contributed by atoms with Gasteiger partial charge in [-0.25, -0.2) is 4.79 Å². The van der Waals surface area contributed by atoms with Gasteiger partial charge >= 0.3 is 5.97 Å². The topological polar surface area (TPSA) is 99.8 Å². The van der Waals surface area contributed by atoms with Crippen molar-refractivity contribution in [3.63, 3.8) is 0 Å². The lowest BCUT2D eigenvalue weighted by molar-refractivity contribution is -0.146. The van der Waals surface area contributed by atoms with Crippen molar-refractivity contribution in [1.29, 1.82) is 0 Å². The molecule has 1 aromatic carbocycles. The number of carboxylic acids is 1. The van der Waals surface area contributed by atoms with Crippen LogP contribution in [0.15, 0.2) is 33.2 Å². The van der Waals surface area contributed by atoms with E-state index >= 15 is 0 Å². The predicted molar refractivity (Wildman–Crippen MR) is 74.5 cm³/mol. The fourth-order valence-electron chi connectivity index (χ4n) is 1.67. The zero-order chi connectivity index (χ0) is 14.7. The molecular formula is C13H12BrNO5. The van der Waals surface area contributed by atoms with E-state index in [1.165, 1.54) is 0 Å². The monoisotopic (exact) mass is 341 g/mol. The molecular weight excluding hydrogens is 330 g/mol. The maximum absolute atomic E-state index is 11.8. The second-order valence-corrected chi connectivity index (χ2v) is 5.02. The molecule has 0 aliphatic heterocycles. The van der Waals surface area contributed by atoms with Crippen molar-refractivity contribution in [2.24, 2.45) is 0 Å². The van der Waals surface area contributed by atoms with E-state index < -0.39 is 18.0 Å². The molecule has 0 saturated carbocycles. The molecule has 0 bridgehead atoms. The van der Waals surface area contributed by atoms with Gasteiger partial charge in [-0.05, 0) is 28.1 Å². The zero-order valence-corrected chi connectivity index (χ0v) is 11.9. The smallest absolute Gasteiger partial charge is 0.332 e. The number of fused-ring (bicyclic) bond motifs is 1. The molecule has 1 heterocycles. The number of nitrogens with one attached hydrogen (secondary N) is 1. The number of carboxylic acid groups (broad SMARTS) is 1. The number of hydrogen-bond acceptors (Lipinski definition) is 4. The summed E-state index contributed by atoms with van der Waals surface area (Å²) in [5.41, 5.74) is 0.572. The summed E-state index contributed by atoms with van der Waals surface area (Å²) in [6.07, 6.45) is -1.55. The van der Waals surface area contributed by atoms with Crippen LogP contribution in [0.4, 0.5) is 0 Å². The molecule has 3 N–H and O–H groups in total. The van der Waals surface area contributed by atoms with Crippen molar-refractivity contribution in [2.45, 2.75) is 12.5 Å². The molecule has 20 heavy (non-hydrogen) atoms. The lowest BCUT2D eigenvalue weighted by Gasteiger charge is -2.05. The van der Waals surface area contributed by atoms with E-state index in [0.717, 1.165) is 9.86 Å². The van der Waals surface area contributed by atoms with Crippen molar-refractivity contribution in [2.75, 3.05) is 6.54 Å². The van der Waals surface area contributed by atoms with Gasteiger partial charge in [0, 0.05) is 18.4 Å². The van der Waals surface area contributed by atoms with E-state index in [9.17, 15) is 9.59 Å². The van der Waals surface area contributed by atoms with Crippen LogP contribution in [0.25, 0.3) is 11.0 Å². The highest BCUT2D eigenvalue weighted by Gasteiger charge is 2.16. The number of carbonyl (C=O) groups is 2. The third-order valence-corrected chi connectivity index (χ3v) is 3.33. The Hall–Kier alpha value is -1.86. The first-order valence-electron chi connectivity index (χ1n) is 5.86. The fourth-order valence-corrected chi connectivity index (χ4v) is 2.13. The van der Waals surface area contributed by atoms with Crippen molar-refractivity contribution in [3.8, 4) is 0 Å². The van der Waals surface area contributed by atoms with Crippen LogP contribution in [-0.2, 0) is 4.79 Å². The molecule has 1 atom stereocenters. The number of benzene rings is 1. The molecule has 2 aromatic rings. The lowest BCUT2D eigenvalue weighted by atomic mass is 10.2. The van der Waals surface area contributed by atoms with Crippen molar-refractivity contribution in [3.05, 3.63) is 34.5 Å². The van der Waals surface area contributed by atoms with Crippen LogP contribution >= 0.6 is 15.9 Å². The molecule has 1 aromatic heterocycles. The summed E-state index contributed by atoms with van der Waals surface area (Å²) in [5.74, 6) is -1.63. The summed E-state index contributed by atoms with van der Waals surface area (Å²) in [7, 11) is 0. The second kappa shape index (κ2) is 6.06. The van der Waals surface area contributed by atoms with Crippen molar-refractivity contribution >= 4 is 38.8 Å². The van der Waals surface area contributed by atoms with Crippen LogP contribution in [0.5, 0.6) is 0 Å². The van der Waals surface area contributed by atoms with Gasteiger partial charge in [-0.15, -0.1) is 0 Å². The number of furan rings is 1. The van der Waals surface area contributed by atoms with Gasteiger partial charge in [0.1, 0.15) is 5.58 Å². The molecule has 0 spiro atoms. The first kappa shape index (κ1) is 14.5. The van der Waals surface area contributed by atoms with Crippen LogP contribution < -0.4 is 5.32 Å². The normalized spacial score (nSPS) is 12.3. The summed E-state index contributed by atoms with van der Waals surface area (Å²) in [5, 5.41) is 20.9. The molecule has 0 saturated heterocycles. The summed E-state index contributed by atoms with van der Waals surface area (Å²) in [6, 6.07) is 7.04. The number of halogens is 1. The van der Waals surface area contributed by atoms with Gasteiger partial charge in [0.15, 0.2) is 11.9 Å². The van der Waals surface area contributed by atoms with Gasteiger partial charge in [-0.2, -0.15) is 0 Å². The highest BCUT2D eigenvalue weighted by molar-refractivity contribution is 9.10. The number of rotatable bonds is 5. The highest BCUT2D eigenvalue weighted by Crippen LogP contribution is 2.26. The molecule has 2 rings (SSSR count). The summed E-state index contributed by atoms with van der Waals surface area (Å²) >= 11 is 3.32. The maximum Gasteiger partial charge on any atom is 0.332 e. The third kappa shape index (κ3) is 3.17. The van der Waals surface area contributed by atoms with Gasteiger partial charge in [0.25, 0.3) is 5.91 Å². The van der Waals surface area contributed by atoms with Crippen molar-refractivity contribution in [1.82, 2.24) is 5.32 Å². The van der Waals surface area contributed by atoms with Crippen LogP contribution in [0.3, 0.4) is 0 Å². The first-order chi connectivity index (χ1) is 9.49. The molecule has 0 radical (unpaired) electrons. The fraction of sp³-hybridized carbons (Fsp3) is 0.231. The van der Waals surface area contributed by atoms with Crippen molar-refractivity contribution < 1.29 is 24.2 Å². The quantitative estimate of drug-likeness (QED) is 0.769. The number of para-hydroxylation sites is 1. The lowest BCUT2D eigenvalue weighted by Crippen LogP contribution is -2.29. The number of carbonyl (C=O) groups excluding carboxylic acids is 1. The first-order valence-corrected chi connectivity index (χ1v) is 6.65. The molecule has 6 nitrogen and oxygen atoms in total. The summed E-state index contributed by atoms with van der Waals surface area (Å²) in [6.45, 7) is 0.0461. The molecule has 0 aliphatic rings. The second-order valence-electron chi connectivity index (χ2n) is 4.17. The number of aliphatic hydroxyl groups excluding tert-OH is 1. The summed E-state index contributed by atoms with van der Waals surface area (Å²) in [4.78, 5) is 22.2. The van der Waals surface area contributed by atoms with E-state index in [1.54, 1.807) is 12.1 Å². The van der Waals surface area contributed by atoms with E-state index in [2.05, 4.69) is 21.2 Å². The number of hydrogen-bond donors (Lipinski definition) is 3. The Balaban J connectivity index is 2.01. The SMILES string of the molecule is O=C(NCC[C@H](O)C(=O)O)c1cc2cccc(Br)c2o1. The Labute approximate surface area is 122 Å². The van der Waals surface area contributed by atoms with Crippen LogP contribution in [-0.4, -0.2) is 34.7 Å². The Morgan fingerprint density at radius 3 is 2.80 bits per heavy atom. The number of aliphatic carboxylic acids is 1. The van der Waals surface area contributed by atoms with E-state index in [1.807, 2.05) is 12.1 Å². The molecule has 0 fully saturated rings. The minimum atomic E-state index is -1.49. The van der Waals surface area contributed by atoms with Gasteiger partial charge in [0.2, 0.25) is 0 Å². The average molecular weight is 342 g/mol. The zero-order valence-electron chi connectivity index (χ0n) is 10.3. The Morgan fingerprint density at radius 1 is 1.40 bits per heavy atom. The summed E-state index contributed by atoms with van der Waals surface area (Å²) < 4.78 is 6.17. The third-order valence-electron chi connectivity index (χ3n) is 2.71. The highest BCUT2D eigenvalue weighted by atomic mass is 79.9. The van der Waals surface area contributed by atoms with Gasteiger partial charge in [-0.3, -0.25) is 4.79 Å². The standard InChI is InChI=1S/C13H12BrNO5/c14-8-3-1-2-7-6-10(20-11(7)8)12(17)15-5-4-9(16)13(18)19/h1-3,6,9,16H,4-5H2,(H,15,17)(H,18,19)/t9-/m0/s1. The molecule has 1 amide bonds. The Bertz CT molecular complexity index is 651. The van der Waals surface area contributed by atoms with E-state index in [0.29, 0.717) is 5.58 Å². The minimum absolute atomic E-state index is 0.0461. The van der Waals surface area contributed by atoms with Gasteiger partial charge in [-0.1, -0.05) is 12.1 Å². The van der Waals surface area contributed by atoms with Crippen LogP contribution in [0.2, 0.25) is 0 Å². The average Bonchev–Trinajstić information content (AvgIpc) is 2.84. The molecule has 106 valence electrons. The number of aliphatic hydroxyl groups is 1. The van der Waals surface area contributed by atoms with Crippen LogP contribution in [0, 0.1) is 0 Å². The van der Waals surface area contributed by atoms with Gasteiger partial charge in [0.05, 0.1) is 4.47 Å². The largest absolute Gasteiger partial charge is 0.479 e. The Morgan fingerprint density at radius 2 is 2.15 bits per heavy atom. The number of amides is 1. The molecule has 0 aliphatic carbocycles. The minimum Gasteiger partial charge on any atom is -0.479 e. The van der Waals surface area contributed by atoms with E-state index in [4.69, 9.17) is 14.6 Å². The van der Waals surface area contributed by atoms with E-state index in [-0.39, 0.29) is 18.7 Å². The van der Waals surface area contributed by atoms with Gasteiger partial charge < -0.3 is 19.9 Å². The Kier molecular flexibility index (Phi) is 4.41. The molecule has 0 unspecified atom stereocenters. The maximum atomic E-state index is 11.8. The van der Waals surface area contributed by atoms with Crippen LogP contribution in [0.1, 0.15) is 17.0 Å².